The van der Waals surface area contributed by atoms with E-state index in [2.05, 4.69) is 18.6 Å². The molecule has 0 heterocycles. The molecule has 4 aliphatic rings. The van der Waals surface area contributed by atoms with E-state index >= 15 is 0 Å². The van der Waals surface area contributed by atoms with E-state index in [1.54, 1.807) is 0 Å². The summed E-state index contributed by atoms with van der Waals surface area (Å²) in [5.41, 5.74) is 0.366. The third-order valence-electron chi connectivity index (χ3n) is 9.88. The highest BCUT2D eigenvalue weighted by molar-refractivity contribution is 5.97. The van der Waals surface area contributed by atoms with Gasteiger partial charge < -0.3 is 9.47 Å². The Balaban J connectivity index is 1.49. The molecule has 4 fully saturated rings. The summed E-state index contributed by atoms with van der Waals surface area (Å²) in [6, 6.07) is 0. The minimum Gasteiger partial charge on any atom is -0.466 e. The Bertz CT molecular complexity index is 772. The maximum absolute atomic E-state index is 13.0. The van der Waals surface area contributed by atoms with Crippen LogP contribution >= 0.6 is 0 Å². The molecule has 0 bridgehead atoms. The number of ketones is 1. The second-order valence-electron chi connectivity index (χ2n) is 11.1. The fourth-order valence-electron chi connectivity index (χ4n) is 8.36. The van der Waals surface area contributed by atoms with Crippen LogP contribution in [0.15, 0.2) is 12.2 Å². The Morgan fingerprint density at radius 3 is 2.29 bits per heavy atom. The van der Waals surface area contributed by atoms with Gasteiger partial charge in [0.2, 0.25) is 0 Å². The minimum absolute atomic E-state index is 0.0181. The van der Waals surface area contributed by atoms with Gasteiger partial charge in [-0.25, -0.2) is 4.79 Å². The van der Waals surface area contributed by atoms with Crippen LogP contribution in [0.25, 0.3) is 0 Å². The highest BCUT2D eigenvalue weighted by atomic mass is 16.5. The lowest BCUT2D eigenvalue weighted by atomic mass is 9.44. The molecule has 0 N–H and O–H groups in total. The van der Waals surface area contributed by atoms with Gasteiger partial charge in [0.1, 0.15) is 6.10 Å². The van der Waals surface area contributed by atoms with Gasteiger partial charge in [-0.15, -0.1) is 0 Å². The number of methoxy groups -OCH3 is 1. The van der Waals surface area contributed by atoms with Crippen LogP contribution in [0.2, 0.25) is 0 Å². The smallest absolute Gasteiger partial charge is 0.330 e. The number of carbonyl (C=O) groups is 3. The van der Waals surface area contributed by atoms with Crippen molar-refractivity contribution in [3.8, 4) is 0 Å². The standard InChI is InChI=1S/C26H38O5/c1-16(27)31-18-11-13-25(2)17(15-18)5-6-19-20-7-8-22(23(28)9-10-24(29)30-4)26(20,3)14-12-21(19)25/h9-10,17-22H,5-8,11-15H2,1-4H3/b10-9+. The summed E-state index contributed by atoms with van der Waals surface area (Å²) in [7, 11) is 1.34. The molecule has 0 saturated heterocycles. The molecule has 0 spiro atoms. The number of allylic oxidation sites excluding steroid dienone is 1. The van der Waals surface area contributed by atoms with Crippen LogP contribution < -0.4 is 0 Å². The fourth-order valence-corrected chi connectivity index (χ4v) is 8.36. The normalized spacial score (nSPS) is 44.1. The fraction of sp³-hybridized carbons (Fsp3) is 0.808. The largest absolute Gasteiger partial charge is 0.466 e. The van der Waals surface area contributed by atoms with Crippen molar-refractivity contribution >= 4 is 17.7 Å². The molecule has 0 amide bonds. The zero-order valence-electron chi connectivity index (χ0n) is 19.5. The van der Waals surface area contributed by atoms with Gasteiger partial charge in [0.15, 0.2) is 5.78 Å². The molecule has 172 valence electrons. The van der Waals surface area contributed by atoms with Crippen molar-refractivity contribution in [1.82, 2.24) is 0 Å². The molecule has 8 atom stereocenters. The average molecular weight is 431 g/mol. The second-order valence-corrected chi connectivity index (χ2v) is 11.1. The first kappa shape index (κ1) is 22.5. The molecular weight excluding hydrogens is 392 g/mol. The van der Waals surface area contributed by atoms with E-state index in [1.807, 2.05) is 0 Å². The molecule has 8 unspecified atom stereocenters. The third kappa shape index (κ3) is 3.87. The molecule has 5 heteroatoms. The van der Waals surface area contributed by atoms with Crippen molar-refractivity contribution in [2.24, 2.45) is 40.4 Å². The lowest BCUT2D eigenvalue weighted by molar-refractivity contribution is -0.160. The molecule has 0 aromatic carbocycles. The van der Waals surface area contributed by atoms with Gasteiger partial charge in [-0.2, -0.15) is 0 Å². The van der Waals surface area contributed by atoms with Crippen molar-refractivity contribution in [1.29, 1.82) is 0 Å². The van der Waals surface area contributed by atoms with Crippen molar-refractivity contribution < 1.29 is 23.9 Å². The molecule has 4 aliphatic carbocycles. The molecule has 0 aromatic rings. The SMILES string of the molecule is COC(=O)/C=C/C(=O)C1CCC2C3CCC4CC(OC(C)=O)CCC4(C)C3CCC12C. The lowest BCUT2D eigenvalue weighted by Crippen LogP contribution is -2.54. The predicted molar refractivity (Wildman–Crippen MR) is 117 cm³/mol. The van der Waals surface area contributed by atoms with Crippen molar-refractivity contribution in [2.45, 2.75) is 84.7 Å². The van der Waals surface area contributed by atoms with Crippen LogP contribution in [0.1, 0.15) is 78.6 Å². The molecule has 31 heavy (non-hydrogen) atoms. The molecule has 5 nitrogen and oxygen atoms in total. The van der Waals surface area contributed by atoms with Crippen molar-refractivity contribution in [3.63, 3.8) is 0 Å². The molecular formula is C26H38O5. The van der Waals surface area contributed by atoms with E-state index in [1.165, 1.54) is 45.4 Å². The van der Waals surface area contributed by atoms with Gasteiger partial charge in [-0.3, -0.25) is 9.59 Å². The van der Waals surface area contributed by atoms with E-state index in [0.29, 0.717) is 29.1 Å². The van der Waals surface area contributed by atoms with Gasteiger partial charge in [-0.1, -0.05) is 13.8 Å². The zero-order chi connectivity index (χ0) is 22.4. The summed E-state index contributed by atoms with van der Waals surface area (Å²) < 4.78 is 10.2. The van der Waals surface area contributed by atoms with E-state index in [0.717, 1.165) is 38.5 Å². The van der Waals surface area contributed by atoms with Gasteiger partial charge >= 0.3 is 11.9 Å². The lowest BCUT2D eigenvalue weighted by Gasteiger charge is -2.61. The van der Waals surface area contributed by atoms with E-state index < -0.39 is 5.97 Å². The maximum Gasteiger partial charge on any atom is 0.330 e. The number of ether oxygens (including phenoxy) is 2. The van der Waals surface area contributed by atoms with Crippen LogP contribution in [-0.2, 0) is 23.9 Å². The highest BCUT2D eigenvalue weighted by Gasteiger charge is 2.61. The first-order chi connectivity index (χ1) is 14.7. The summed E-state index contributed by atoms with van der Waals surface area (Å²) in [6.07, 6.45) is 12.7. The topological polar surface area (TPSA) is 69.7 Å². The number of rotatable bonds is 4. The Morgan fingerprint density at radius 1 is 0.871 bits per heavy atom. The van der Waals surface area contributed by atoms with Gasteiger partial charge in [0.05, 0.1) is 7.11 Å². The third-order valence-corrected chi connectivity index (χ3v) is 9.88. The number of hydrogen-bond acceptors (Lipinski definition) is 5. The number of fused-ring (bicyclic) bond motifs is 5. The Hall–Kier alpha value is -1.65. The Kier molecular flexibility index (Phi) is 6.08. The molecule has 0 aliphatic heterocycles. The number of hydrogen-bond donors (Lipinski definition) is 0. The van der Waals surface area contributed by atoms with Gasteiger partial charge in [0, 0.05) is 18.9 Å². The van der Waals surface area contributed by atoms with E-state index in [9.17, 15) is 14.4 Å². The predicted octanol–water partition coefficient (Wildman–Crippen LogP) is 4.88. The van der Waals surface area contributed by atoms with Gasteiger partial charge in [-0.05, 0) is 98.4 Å². The molecule has 4 saturated carbocycles. The first-order valence-corrected chi connectivity index (χ1v) is 12.2. The summed E-state index contributed by atoms with van der Waals surface area (Å²) in [5, 5.41) is 0. The van der Waals surface area contributed by atoms with Crippen LogP contribution in [-0.4, -0.2) is 30.9 Å². The van der Waals surface area contributed by atoms with Crippen LogP contribution in [0.3, 0.4) is 0 Å². The average Bonchev–Trinajstić information content (AvgIpc) is 3.09. The van der Waals surface area contributed by atoms with Crippen LogP contribution in [0, 0.1) is 40.4 Å². The number of esters is 2. The van der Waals surface area contributed by atoms with Gasteiger partial charge in [0.25, 0.3) is 0 Å². The van der Waals surface area contributed by atoms with Crippen molar-refractivity contribution in [3.05, 3.63) is 12.2 Å². The quantitative estimate of drug-likeness (QED) is 0.470. The van der Waals surface area contributed by atoms with E-state index in [-0.39, 0.29) is 29.2 Å². The summed E-state index contributed by atoms with van der Waals surface area (Å²) in [4.78, 5) is 35.9. The summed E-state index contributed by atoms with van der Waals surface area (Å²) >= 11 is 0. The van der Waals surface area contributed by atoms with Crippen LogP contribution in [0.5, 0.6) is 0 Å². The maximum atomic E-state index is 13.0. The first-order valence-electron chi connectivity index (χ1n) is 12.2. The Labute approximate surface area is 186 Å². The highest BCUT2D eigenvalue weighted by Crippen LogP contribution is 2.67. The van der Waals surface area contributed by atoms with Crippen LogP contribution in [0.4, 0.5) is 0 Å². The summed E-state index contributed by atoms with van der Waals surface area (Å²) in [5.74, 6) is 2.12. The molecule has 0 aromatic heterocycles. The van der Waals surface area contributed by atoms with E-state index in [4.69, 9.17) is 4.74 Å². The summed E-state index contributed by atoms with van der Waals surface area (Å²) in [6.45, 7) is 6.35. The monoisotopic (exact) mass is 430 g/mol. The number of carbonyl (C=O) groups excluding carboxylic acids is 3. The Morgan fingerprint density at radius 2 is 1.58 bits per heavy atom. The molecule has 0 radical (unpaired) electrons. The zero-order valence-corrected chi connectivity index (χ0v) is 19.5. The second kappa shape index (κ2) is 8.37. The minimum atomic E-state index is -0.465. The van der Waals surface area contributed by atoms with Crippen molar-refractivity contribution in [2.75, 3.05) is 7.11 Å². The molecule has 4 rings (SSSR count).